The fraction of sp³-hybridized carbons (Fsp3) is 0.464. The maximum absolute atomic E-state index is 12.5. The minimum Gasteiger partial charge on any atom is -0.490 e. The number of likely N-dealkylation sites (tertiary alicyclic amines) is 2. The van der Waals surface area contributed by atoms with E-state index in [0.29, 0.717) is 0 Å². The van der Waals surface area contributed by atoms with Gasteiger partial charge in [-0.2, -0.15) is 0 Å². The fourth-order valence-corrected chi connectivity index (χ4v) is 5.29. The first-order chi connectivity index (χ1) is 16.7. The number of anilines is 1. The lowest BCUT2D eigenvalue weighted by atomic mass is 9.95. The largest absolute Gasteiger partial charge is 0.490 e. The van der Waals surface area contributed by atoms with Gasteiger partial charge in [-0.25, -0.2) is 4.79 Å². The van der Waals surface area contributed by atoms with Gasteiger partial charge in [0.05, 0.1) is 0 Å². The van der Waals surface area contributed by atoms with E-state index in [4.69, 9.17) is 4.74 Å². The highest BCUT2D eigenvalue weighted by Crippen LogP contribution is 2.34. The van der Waals surface area contributed by atoms with Gasteiger partial charge in [0.25, 0.3) is 0 Å². The SMILES string of the molecule is Cc1c(-c2ccc(OC3CCN(C(=O)NCCN4CCCC4)CC3)cc2)ccc2c1NCC=C2. The van der Waals surface area contributed by atoms with Gasteiger partial charge in [-0.3, -0.25) is 0 Å². The Bertz CT molecular complexity index is 1020. The fourth-order valence-electron chi connectivity index (χ4n) is 5.29. The molecular weight excluding hydrogens is 424 g/mol. The molecular formula is C28H36N4O2. The number of benzene rings is 2. The first-order valence-corrected chi connectivity index (χ1v) is 12.7. The van der Waals surface area contributed by atoms with Gasteiger partial charge >= 0.3 is 6.03 Å². The molecule has 6 nitrogen and oxygen atoms in total. The highest BCUT2D eigenvalue weighted by molar-refractivity contribution is 5.81. The summed E-state index contributed by atoms with van der Waals surface area (Å²) in [6.07, 6.45) is 8.79. The number of carbonyl (C=O) groups excluding carboxylic acids is 1. The van der Waals surface area contributed by atoms with E-state index in [2.05, 4.69) is 71.0 Å². The Balaban J connectivity index is 1.10. The normalized spacial score (nSPS) is 18.4. The molecule has 2 aromatic rings. The quantitative estimate of drug-likeness (QED) is 0.653. The van der Waals surface area contributed by atoms with Crippen molar-refractivity contribution in [2.45, 2.75) is 38.7 Å². The number of nitrogens with zero attached hydrogens (tertiary/aromatic N) is 2. The van der Waals surface area contributed by atoms with Crippen LogP contribution in [0, 0.1) is 6.92 Å². The van der Waals surface area contributed by atoms with Crippen LogP contribution in [0.3, 0.4) is 0 Å². The highest BCUT2D eigenvalue weighted by atomic mass is 16.5. The number of rotatable bonds is 6. The predicted octanol–water partition coefficient (Wildman–Crippen LogP) is 4.75. The molecule has 6 heteroatoms. The summed E-state index contributed by atoms with van der Waals surface area (Å²) >= 11 is 0. The molecule has 0 radical (unpaired) electrons. The number of piperidine rings is 1. The van der Waals surface area contributed by atoms with E-state index in [1.807, 2.05) is 4.90 Å². The molecule has 5 rings (SSSR count). The Kier molecular flexibility index (Phi) is 7.05. The highest BCUT2D eigenvalue weighted by Gasteiger charge is 2.24. The first-order valence-electron chi connectivity index (χ1n) is 12.7. The van der Waals surface area contributed by atoms with Crippen LogP contribution in [0.1, 0.15) is 36.8 Å². The summed E-state index contributed by atoms with van der Waals surface area (Å²) in [7, 11) is 0. The molecule has 0 aliphatic carbocycles. The van der Waals surface area contributed by atoms with E-state index >= 15 is 0 Å². The van der Waals surface area contributed by atoms with Crippen LogP contribution in [0.5, 0.6) is 5.75 Å². The van der Waals surface area contributed by atoms with Crippen LogP contribution < -0.4 is 15.4 Å². The molecule has 0 atom stereocenters. The number of amides is 2. The van der Waals surface area contributed by atoms with Crippen LogP contribution in [0.2, 0.25) is 0 Å². The Morgan fingerprint density at radius 1 is 1.06 bits per heavy atom. The maximum Gasteiger partial charge on any atom is 0.317 e. The van der Waals surface area contributed by atoms with Crippen molar-refractivity contribution >= 4 is 17.8 Å². The minimum atomic E-state index is 0.0624. The van der Waals surface area contributed by atoms with E-state index in [9.17, 15) is 4.79 Å². The number of urea groups is 1. The van der Waals surface area contributed by atoms with Crippen molar-refractivity contribution in [2.24, 2.45) is 0 Å². The minimum absolute atomic E-state index is 0.0624. The molecule has 2 saturated heterocycles. The Morgan fingerprint density at radius 2 is 1.82 bits per heavy atom. The molecule has 0 saturated carbocycles. The molecule has 0 unspecified atom stereocenters. The van der Waals surface area contributed by atoms with Gasteiger partial charge < -0.3 is 25.2 Å². The summed E-state index contributed by atoms with van der Waals surface area (Å²) in [5.41, 5.74) is 6.20. The molecule has 0 aromatic heterocycles. The van der Waals surface area contributed by atoms with Gasteiger partial charge in [0.15, 0.2) is 0 Å². The molecule has 34 heavy (non-hydrogen) atoms. The van der Waals surface area contributed by atoms with E-state index in [1.165, 1.54) is 53.9 Å². The van der Waals surface area contributed by atoms with Crippen LogP contribution in [-0.2, 0) is 0 Å². The molecule has 2 aromatic carbocycles. The third-order valence-corrected chi connectivity index (χ3v) is 7.29. The molecule has 3 aliphatic rings. The van der Waals surface area contributed by atoms with E-state index in [1.54, 1.807) is 0 Å². The lowest BCUT2D eigenvalue weighted by Crippen LogP contribution is -2.47. The molecule has 180 valence electrons. The predicted molar refractivity (Wildman–Crippen MR) is 138 cm³/mol. The number of hydrogen-bond donors (Lipinski definition) is 2. The number of ether oxygens (including phenoxy) is 1. The van der Waals surface area contributed by atoms with Crippen LogP contribution in [-0.4, -0.2) is 67.7 Å². The van der Waals surface area contributed by atoms with Gasteiger partial charge in [-0.05, 0) is 67.2 Å². The Morgan fingerprint density at radius 3 is 2.59 bits per heavy atom. The number of hydrogen-bond acceptors (Lipinski definition) is 4. The van der Waals surface area contributed by atoms with E-state index < -0.39 is 0 Å². The zero-order valence-corrected chi connectivity index (χ0v) is 20.2. The van der Waals surface area contributed by atoms with Crippen molar-refractivity contribution < 1.29 is 9.53 Å². The monoisotopic (exact) mass is 460 g/mol. The topological polar surface area (TPSA) is 56.8 Å². The number of carbonyl (C=O) groups is 1. The van der Waals surface area contributed by atoms with Crippen LogP contribution in [0.25, 0.3) is 17.2 Å². The van der Waals surface area contributed by atoms with Crippen molar-refractivity contribution in [1.29, 1.82) is 0 Å². The lowest BCUT2D eigenvalue weighted by Gasteiger charge is -2.32. The maximum atomic E-state index is 12.5. The molecule has 2 amide bonds. The van der Waals surface area contributed by atoms with Crippen molar-refractivity contribution in [1.82, 2.24) is 15.1 Å². The zero-order chi connectivity index (χ0) is 23.3. The average molecular weight is 461 g/mol. The second-order valence-corrected chi connectivity index (χ2v) is 9.59. The van der Waals surface area contributed by atoms with Crippen molar-refractivity contribution in [3.05, 3.63) is 53.6 Å². The van der Waals surface area contributed by atoms with Crippen molar-refractivity contribution in [3.8, 4) is 16.9 Å². The summed E-state index contributed by atoms with van der Waals surface area (Å²) < 4.78 is 6.26. The second-order valence-electron chi connectivity index (χ2n) is 9.59. The third kappa shape index (κ3) is 5.22. The van der Waals surface area contributed by atoms with Crippen LogP contribution >= 0.6 is 0 Å². The van der Waals surface area contributed by atoms with Gasteiger partial charge in [0, 0.05) is 51.3 Å². The van der Waals surface area contributed by atoms with Crippen LogP contribution in [0.15, 0.2) is 42.5 Å². The Labute approximate surface area is 203 Å². The lowest BCUT2D eigenvalue weighted by molar-refractivity contribution is 0.111. The summed E-state index contributed by atoms with van der Waals surface area (Å²) in [6, 6.07) is 12.9. The summed E-state index contributed by atoms with van der Waals surface area (Å²) in [6.45, 7) is 8.58. The van der Waals surface area contributed by atoms with E-state index in [0.717, 1.165) is 51.3 Å². The van der Waals surface area contributed by atoms with Gasteiger partial charge in [-0.15, -0.1) is 0 Å². The van der Waals surface area contributed by atoms with Crippen molar-refractivity contribution in [3.63, 3.8) is 0 Å². The smallest absolute Gasteiger partial charge is 0.317 e. The second kappa shape index (κ2) is 10.5. The summed E-state index contributed by atoms with van der Waals surface area (Å²) in [5.74, 6) is 0.897. The number of nitrogens with one attached hydrogen (secondary N) is 2. The molecule has 3 aliphatic heterocycles. The first kappa shape index (κ1) is 22.8. The van der Waals surface area contributed by atoms with Gasteiger partial charge in [-0.1, -0.05) is 36.4 Å². The standard InChI is InChI=1S/C28H36N4O2/c1-21-26(11-8-23-5-4-14-29-27(21)23)22-6-9-24(10-7-22)34-25-12-18-32(19-13-25)28(33)30-15-20-31-16-2-3-17-31/h4-11,25,29H,2-3,12-20H2,1H3,(H,30,33). The third-order valence-electron chi connectivity index (χ3n) is 7.29. The number of fused-ring (bicyclic) bond motifs is 1. The summed E-state index contributed by atoms with van der Waals surface area (Å²) in [5, 5.41) is 6.58. The zero-order valence-electron chi connectivity index (χ0n) is 20.2. The van der Waals surface area contributed by atoms with Crippen molar-refractivity contribution in [2.75, 3.05) is 51.1 Å². The summed E-state index contributed by atoms with van der Waals surface area (Å²) in [4.78, 5) is 16.8. The molecule has 2 N–H and O–H groups in total. The van der Waals surface area contributed by atoms with Gasteiger partial charge in [0.1, 0.15) is 11.9 Å². The molecule has 3 heterocycles. The Hall–Kier alpha value is -2.99. The molecule has 0 bridgehead atoms. The van der Waals surface area contributed by atoms with Gasteiger partial charge in [0.2, 0.25) is 0 Å². The molecule has 2 fully saturated rings. The van der Waals surface area contributed by atoms with Crippen LogP contribution in [0.4, 0.5) is 10.5 Å². The van der Waals surface area contributed by atoms with E-state index in [-0.39, 0.29) is 12.1 Å². The average Bonchev–Trinajstić information content (AvgIpc) is 3.39. The molecule has 0 spiro atoms.